The molecule has 144 valence electrons. The number of piperazine rings is 1. The molecule has 6 heteroatoms. The Morgan fingerprint density at radius 1 is 1.12 bits per heavy atom. The number of hydrogen-bond acceptors (Lipinski definition) is 4. The Hall–Kier alpha value is -2.08. The summed E-state index contributed by atoms with van der Waals surface area (Å²) in [5.41, 5.74) is 2.71. The van der Waals surface area contributed by atoms with Crippen molar-refractivity contribution < 1.29 is 14.3 Å². The number of nitrogens with one attached hydrogen (secondary N) is 1. The second-order valence-electron chi connectivity index (χ2n) is 7.26. The van der Waals surface area contributed by atoms with Crippen molar-refractivity contribution >= 4 is 17.5 Å². The van der Waals surface area contributed by atoms with E-state index in [0.29, 0.717) is 38.1 Å². The molecule has 0 aliphatic carbocycles. The van der Waals surface area contributed by atoms with Gasteiger partial charge in [0.25, 0.3) is 5.91 Å². The molecular formula is C20H31N3O3. The highest BCUT2D eigenvalue weighted by Gasteiger charge is 2.26. The highest BCUT2D eigenvalue weighted by atomic mass is 16.5. The first-order valence-electron chi connectivity index (χ1n) is 9.27. The van der Waals surface area contributed by atoms with Gasteiger partial charge in [0.05, 0.1) is 0 Å². The number of methoxy groups -OCH3 is 1. The lowest BCUT2D eigenvalue weighted by Gasteiger charge is -2.35. The molecule has 1 atom stereocenters. The quantitative estimate of drug-likeness (QED) is 0.845. The second-order valence-corrected chi connectivity index (χ2v) is 7.26. The van der Waals surface area contributed by atoms with Crippen LogP contribution in [-0.4, -0.2) is 67.6 Å². The maximum absolute atomic E-state index is 13.0. The summed E-state index contributed by atoms with van der Waals surface area (Å²) in [6, 6.07) is 6.15. The summed E-state index contributed by atoms with van der Waals surface area (Å²) < 4.78 is 4.90. The zero-order chi connectivity index (χ0) is 19.3. The van der Waals surface area contributed by atoms with Crippen LogP contribution in [0.15, 0.2) is 18.2 Å². The number of amides is 2. The molecule has 1 unspecified atom stereocenters. The van der Waals surface area contributed by atoms with Gasteiger partial charge in [0.15, 0.2) is 0 Å². The molecule has 1 saturated heterocycles. The highest BCUT2D eigenvalue weighted by Crippen LogP contribution is 2.23. The molecule has 0 spiro atoms. The van der Waals surface area contributed by atoms with Crippen molar-refractivity contribution in [1.82, 2.24) is 9.80 Å². The Kier molecular flexibility index (Phi) is 7.03. The molecule has 1 aromatic carbocycles. The summed E-state index contributed by atoms with van der Waals surface area (Å²) in [5, 5.41) is 3.51. The number of nitrogens with zero attached hydrogens (tertiary/aromatic N) is 2. The van der Waals surface area contributed by atoms with E-state index in [9.17, 15) is 9.59 Å². The molecule has 0 saturated carbocycles. The predicted molar refractivity (Wildman–Crippen MR) is 103 cm³/mol. The van der Waals surface area contributed by atoms with Crippen molar-refractivity contribution in [2.24, 2.45) is 5.92 Å². The largest absolute Gasteiger partial charge is 0.382 e. The van der Waals surface area contributed by atoms with Gasteiger partial charge in [0.1, 0.15) is 6.61 Å². The number of carbonyl (C=O) groups excluding carboxylic acids is 2. The lowest BCUT2D eigenvalue weighted by Crippen LogP contribution is -2.51. The van der Waals surface area contributed by atoms with Crippen LogP contribution in [0.3, 0.4) is 0 Å². The Morgan fingerprint density at radius 2 is 1.73 bits per heavy atom. The van der Waals surface area contributed by atoms with E-state index in [1.165, 1.54) is 7.11 Å². The van der Waals surface area contributed by atoms with Gasteiger partial charge in [-0.3, -0.25) is 9.59 Å². The summed E-state index contributed by atoms with van der Waals surface area (Å²) in [6.45, 7) is 10.8. The van der Waals surface area contributed by atoms with Crippen molar-refractivity contribution in [1.29, 1.82) is 0 Å². The van der Waals surface area contributed by atoms with Crippen LogP contribution >= 0.6 is 0 Å². The van der Waals surface area contributed by atoms with Gasteiger partial charge in [-0.15, -0.1) is 0 Å². The van der Waals surface area contributed by atoms with E-state index < -0.39 is 0 Å². The van der Waals surface area contributed by atoms with Crippen LogP contribution in [0.4, 0.5) is 5.69 Å². The minimum atomic E-state index is -0.0235. The number of rotatable bonds is 6. The molecule has 2 amide bonds. The fourth-order valence-electron chi connectivity index (χ4n) is 2.98. The van der Waals surface area contributed by atoms with Gasteiger partial charge in [-0.2, -0.15) is 0 Å². The lowest BCUT2D eigenvalue weighted by molar-refractivity contribution is -0.136. The van der Waals surface area contributed by atoms with E-state index >= 15 is 0 Å². The van der Waals surface area contributed by atoms with Gasteiger partial charge >= 0.3 is 0 Å². The molecule has 2 rings (SSSR count). The Morgan fingerprint density at radius 3 is 2.31 bits per heavy atom. The van der Waals surface area contributed by atoms with Gasteiger partial charge in [-0.1, -0.05) is 19.9 Å². The fourth-order valence-corrected chi connectivity index (χ4v) is 2.98. The number of hydrogen-bond donors (Lipinski definition) is 1. The predicted octanol–water partition coefficient (Wildman–Crippen LogP) is 2.38. The fraction of sp³-hybridized carbons (Fsp3) is 0.600. The number of benzene rings is 1. The van der Waals surface area contributed by atoms with E-state index in [2.05, 4.69) is 26.1 Å². The normalized spacial score (nSPS) is 15.9. The first-order valence-corrected chi connectivity index (χ1v) is 9.27. The smallest absolute Gasteiger partial charge is 0.254 e. The van der Waals surface area contributed by atoms with E-state index in [0.717, 1.165) is 16.8 Å². The van der Waals surface area contributed by atoms with Crippen LogP contribution in [-0.2, 0) is 9.53 Å². The number of anilines is 1. The molecule has 26 heavy (non-hydrogen) atoms. The van der Waals surface area contributed by atoms with Crippen molar-refractivity contribution in [2.45, 2.75) is 33.7 Å². The molecule has 1 fully saturated rings. The molecule has 0 aromatic heterocycles. The van der Waals surface area contributed by atoms with E-state index in [1.807, 2.05) is 30.0 Å². The summed E-state index contributed by atoms with van der Waals surface area (Å²) in [4.78, 5) is 28.4. The molecular weight excluding hydrogens is 330 g/mol. The van der Waals surface area contributed by atoms with Crippen molar-refractivity contribution in [3.63, 3.8) is 0 Å². The SMILES string of the molecule is COCC(=O)N1CCN(C(=O)c2cccc(NC(C)C(C)C)c2C)CC1. The topological polar surface area (TPSA) is 61.9 Å². The van der Waals surface area contributed by atoms with Gasteiger partial charge in [0.2, 0.25) is 5.91 Å². The zero-order valence-electron chi connectivity index (χ0n) is 16.5. The summed E-state index contributed by atoms with van der Waals surface area (Å²) in [5.74, 6) is 0.512. The maximum Gasteiger partial charge on any atom is 0.254 e. The van der Waals surface area contributed by atoms with E-state index in [4.69, 9.17) is 4.74 Å². The zero-order valence-corrected chi connectivity index (χ0v) is 16.5. The first kappa shape index (κ1) is 20.2. The number of ether oxygens (including phenoxy) is 1. The van der Waals surface area contributed by atoms with Crippen molar-refractivity contribution in [3.8, 4) is 0 Å². The Labute approximate surface area is 156 Å². The monoisotopic (exact) mass is 361 g/mol. The maximum atomic E-state index is 13.0. The van der Waals surface area contributed by atoms with Crippen LogP contribution in [0.2, 0.25) is 0 Å². The third-order valence-electron chi connectivity index (χ3n) is 5.13. The summed E-state index contributed by atoms with van der Waals surface area (Å²) in [7, 11) is 1.52. The van der Waals surface area contributed by atoms with E-state index in [-0.39, 0.29) is 18.4 Å². The third kappa shape index (κ3) is 4.75. The third-order valence-corrected chi connectivity index (χ3v) is 5.13. The molecule has 1 aromatic rings. The lowest BCUT2D eigenvalue weighted by atomic mass is 10.0. The first-order chi connectivity index (χ1) is 12.3. The van der Waals surface area contributed by atoms with Crippen LogP contribution < -0.4 is 5.32 Å². The van der Waals surface area contributed by atoms with Crippen molar-refractivity contribution in [2.75, 3.05) is 45.2 Å². The highest BCUT2D eigenvalue weighted by molar-refractivity contribution is 5.97. The molecule has 6 nitrogen and oxygen atoms in total. The summed E-state index contributed by atoms with van der Waals surface area (Å²) >= 11 is 0. The minimum absolute atomic E-state index is 0.0235. The van der Waals surface area contributed by atoms with Crippen LogP contribution in [0, 0.1) is 12.8 Å². The Balaban J connectivity index is 2.05. The average molecular weight is 361 g/mol. The van der Waals surface area contributed by atoms with Gasteiger partial charge in [-0.05, 0) is 37.5 Å². The van der Waals surface area contributed by atoms with Crippen LogP contribution in [0.5, 0.6) is 0 Å². The van der Waals surface area contributed by atoms with Crippen LogP contribution in [0.1, 0.15) is 36.7 Å². The van der Waals surface area contributed by atoms with E-state index in [1.54, 1.807) is 4.90 Å². The Bertz CT molecular complexity index is 637. The second kappa shape index (κ2) is 9.03. The molecule has 1 heterocycles. The molecule has 1 aliphatic heterocycles. The molecule has 1 N–H and O–H groups in total. The summed E-state index contributed by atoms with van der Waals surface area (Å²) in [6.07, 6.45) is 0. The number of carbonyl (C=O) groups is 2. The average Bonchev–Trinajstić information content (AvgIpc) is 2.63. The van der Waals surface area contributed by atoms with Crippen molar-refractivity contribution in [3.05, 3.63) is 29.3 Å². The standard InChI is InChI=1S/C20H31N3O3/c1-14(2)16(4)21-18-8-6-7-17(15(18)3)20(25)23-11-9-22(10-12-23)19(24)13-26-5/h6-8,14,16,21H,9-13H2,1-5H3. The minimum Gasteiger partial charge on any atom is -0.382 e. The van der Waals surface area contributed by atoms with Crippen LogP contribution in [0.25, 0.3) is 0 Å². The molecule has 1 aliphatic rings. The van der Waals surface area contributed by atoms with Gasteiger partial charge < -0.3 is 19.9 Å². The molecule has 0 radical (unpaired) electrons. The van der Waals surface area contributed by atoms with Gasteiger partial charge in [-0.25, -0.2) is 0 Å². The van der Waals surface area contributed by atoms with Gasteiger partial charge in [0, 0.05) is 50.6 Å². The molecule has 0 bridgehead atoms.